The second-order valence-corrected chi connectivity index (χ2v) is 15.7. The zero-order valence-electron chi connectivity index (χ0n) is 30.1. The minimum Gasteiger partial charge on any atom is -0.453 e. The van der Waals surface area contributed by atoms with Crippen LogP contribution in [0.3, 0.4) is 0 Å². The average Bonchev–Trinajstić information content (AvgIpc) is 3.97. The number of aliphatic hydroxyl groups excluding tert-OH is 1. The highest BCUT2D eigenvalue weighted by molar-refractivity contribution is 7.89. The molecule has 282 valence electrons. The van der Waals surface area contributed by atoms with Crippen LogP contribution in [0.25, 0.3) is 0 Å². The first-order valence-electron chi connectivity index (χ1n) is 17.6. The molecule has 0 saturated heterocycles. The summed E-state index contributed by atoms with van der Waals surface area (Å²) in [5.74, 6) is -2.14. The zero-order chi connectivity index (χ0) is 38.0. The predicted octanol–water partition coefficient (Wildman–Crippen LogP) is 6.19. The maximum Gasteiger partial charge on any atom is 0.407 e. The Labute approximate surface area is 305 Å². The van der Waals surface area contributed by atoms with Crippen LogP contribution in [-0.4, -0.2) is 74.0 Å². The number of Topliss-reactive ketones (excluding diaryl/α,β-unsaturated/α-hetero) is 1. The van der Waals surface area contributed by atoms with E-state index in [4.69, 9.17) is 4.74 Å². The molecule has 0 bridgehead atoms. The number of ketones is 1. The van der Waals surface area contributed by atoms with Crippen LogP contribution in [0.5, 0.6) is 0 Å². The van der Waals surface area contributed by atoms with Crippen molar-refractivity contribution >= 4 is 27.8 Å². The number of methoxy groups -OCH3 is 1. The maximum absolute atomic E-state index is 14.1. The minimum absolute atomic E-state index is 0.0313. The summed E-state index contributed by atoms with van der Waals surface area (Å²) < 4.78 is 61.9. The Morgan fingerprint density at radius 1 is 0.865 bits per heavy atom. The fourth-order valence-electron chi connectivity index (χ4n) is 6.38. The third-order valence-corrected chi connectivity index (χ3v) is 11.5. The Hall–Kier alpha value is -4.20. The van der Waals surface area contributed by atoms with E-state index in [1.807, 2.05) is 13.8 Å². The molecule has 1 aliphatic carbocycles. The summed E-state index contributed by atoms with van der Waals surface area (Å²) in [5, 5.41) is 16.2. The van der Waals surface area contributed by atoms with Crippen LogP contribution >= 0.6 is 0 Å². The first-order chi connectivity index (χ1) is 24.7. The lowest BCUT2D eigenvalue weighted by atomic mass is 9.84. The molecule has 10 nitrogen and oxygen atoms in total. The number of carbonyl (C=O) groups excluding carboxylic acids is 3. The summed E-state index contributed by atoms with van der Waals surface area (Å²) in [6.07, 6.45) is 2.71. The van der Waals surface area contributed by atoms with E-state index in [2.05, 4.69) is 10.6 Å². The van der Waals surface area contributed by atoms with Gasteiger partial charge in [-0.2, -0.15) is 4.31 Å². The number of hydrogen-bond donors (Lipinski definition) is 3. The highest BCUT2D eigenvalue weighted by atomic mass is 32.2. The smallest absolute Gasteiger partial charge is 0.407 e. The van der Waals surface area contributed by atoms with Gasteiger partial charge in [0, 0.05) is 30.1 Å². The summed E-state index contributed by atoms with van der Waals surface area (Å²) in [6, 6.07) is 14.5. The molecule has 13 heteroatoms. The standard InChI is InChI=1S/C39H49F2N3O7S/c1-25(2)22-23-44(52(49,50)34-20-14-27(15-21-34)26(3)46)33(24-45)6-5-7-35(28-8-9-28)42-38(47)37(43-39(48)51-4)36(29-10-16-31(40)17-11-29)30-12-18-32(41)19-13-30/h10-21,25,28,33,35-37,45H,5-9,22-24H2,1-4H3,(H,42,47)(H,43,48)/t33-,35+,37-/m0/s1. The van der Waals surface area contributed by atoms with Crippen LogP contribution in [-0.2, 0) is 19.6 Å². The number of nitrogens with zero attached hydrogens (tertiary/aromatic N) is 1. The van der Waals surface area contributed by atoms with Gasteiger partial charge in [0.2, 0.25) is 15.9 Å². The van der Waals surface area contributed by atoms with Crippen LogP contribution in [0, 0.1) is 23.5 Å². The SMILES string of the molecule is COC(=O)N[C@H](C(=O)N[C@H](CCC[C@@H](CO)N(CCC(C)C)S(=O)(=O)c1ccc(C(C)=O)cc1)C1CC1)C(c1ccc(F)cc1)c1ccc(F)cc1. The van der Waals surface area contributed by atoms with E-state index in [0.717, 1.165) is 12.8 Å². The average molecular weight is 742 g/mol. The number of alkyl carbamates (subject to hydrolysis) is 1. The van der Waals surface area contributed by atoms with Gasteiger partial charge in [0.05, 0.1) is 18.6 Å². The van der Waals surface area contributed by atoms with Gasteiger partial charge in [-0.15, -0.1) is 0 Å². The number of carbonyl (C=O) groups is 3. The molecule has 0 unspecified atom stereocenters. The number of sulfonamides is 1. The summed E-state index contributed by atoms with van der Waals surface area (Å²) in [6.45, 7) is 5.16. The first kappa shape index (κ1) is 40.6. The monoisotopic (exact) mass is 741 g/mol. The van der Waals surface area contributed by atoms with Gasteiger partial charge in [-0.3, -0.25) is 9.59 Å². The molecule has 1 aliphatic rings. The highest BCUT2D eigenvalue weighted by Crippen LogP contribution is 2.36. The fraction of sp³-hybridized carbons (Fsp3) is 0.462. The maximum atomic E-state index is 14.1. The van der Waals surface area contributed by atoms with Crippen LogP contribution < -0.4 is 10.6 Å². The zero-order valence-corrected chi connectivity index (χ0v) is 30.9. The summed E-state index contributed by atoms with van der Waals surface area (Å²) in [7, 11) is -2.85. The normalized spacial score (nSPS) is 15.0. The van der Waals surface area contributed by atoms with Gasteiger partial charge in [0.25, 0.3) is 0 Å². The molecule has 0 spiro atoms. The molecule has 1 saturated carbocycles. The molecule has 4 rings (SSSR count). The summed E-state index contributed by atoms with van der Waals surface area (Å²) in [5.41, 5.74) is 1.42. The number of ether oxygens (including phenoxy) is 1. The molecule has 1 fully saturated rings. The third kappa shape index (κ3) is 10.9. The summed E-state index contributed by atoms with van der Waals surface area (Å²) >= 11 is 0. The topological polar surface area (TPSA) is 142 Å². The number of nitrogens with one attached hydrogen (secondary N) is 2. The molecular weight excluding hydrogens is 693 g/mol. The molecular formula is C39H49F2N3O7S. The van der Waals surface area contributed by atoms with Crippen LogP contribution in [0.1, 0.15) is 86.7 Å². The van der Waals surface area contributed by atoms with Gasteiger partial charge in [-0.25, -0.2) is 22.0 Å². The quantitative estimate of drug-likeness (QED) is 0.125. The third-order valence-electron chi connectivity index (χ3n) is 9.52. The van der Waals surface area contributed by atoms with Gasteiger partial charge in [0.15, 0.2) is 5.78 Å². The van der Waals surface area contributed by atoms with Gasteiger partial charge in [-0.05, 0) is 105 Å². The van der Waals surface area contributed by atoms with Crippen molar-refractivity contribution in [3.8, 4) is 0 Å². The second-order valence-electron chi connectivity index (χ2n) is 13.8. The molecule has 0 aliphatic heterocycles. The van der Waals surface area contributed by atoms with E-state index < -0.39 is 58.3 Å². The Morgan fingerprint density at radius 2 is 1.42 bits per heavy atom. The van der Waals surface area contributed by atoms with Crippen molar-refractivity contribution in [2.75, 3.05) is 20.3 Å². The number of aliphatic hydroxyl groups is 1. The predicted molar refractivity (Wildman–Crippen MR) is 193 cm³/mol. The molecule has 0 radical (unpaired) electrons. The van der Waals surface area contributed by atoms with E-state index in [-0.39, 0.29) is 35.1 Å². The van der Waals surface area contributed by atoms with Crippen molar-refractivity contribution in [2.24, 2.45) is 11.8 Å². The van der Waals surface area contributed by atoms with Crippen molar-refractivity contribution in [3.05, 3.63) is 101 Å². The molecule has 0 heterocycles. The Balaban J connectivity index is 1.55. The van der Waals surface area contributed by atoms with Crippen molar-refractivity contribution in [3.63, 3.8) is 0 Å². The van der Waals surface area contributed by atoms with Gasteiger partial charge in [-0.1, -0.05) is 50.2 Å². The largest absolute Gasteiger partial charge is 0.453 e. The van der Waals surface area contributed by atoms with Gasteiger partial charge < -0.3 is 20.5 Å². The number of benzene rings is 3. The lowest BCUT2D eigenvalue weighted by molar-refractivity contribution is -0.124. The number of halogens is 2. The highest BCUT2D eigenvalue weighted by Gasteiger charge is 2.38. The van der Waals surface area contributed by atoms with Crippen LogP contribution in [0.2, 0.25) is 0 Å². The number of rotatable bonds is 19. The van der Waals surface area contributed by atoms with Crippen molar-refractivity contribution < 1.29 is 41.4 Å². The lowest BCUT2D eigenvalue weighted by Gasteiger charge is -2.32. The Kier molecular flexibility index (Phi) is 14.5. The Morgan fingerprint density at radius 3 is 1.88 bits per heavy atom. The molecule has 3 N–H and O–H groups in total. The fourth-order valence-corrected chi connectivity index (χ4v) is 8.04. The molecule has 52 heavy (non-hydrogen) atoms. The molecule has 3 atom stereocenters. The molecule has 3 aromatic carbocycles. The van der Waals surface area contributed by atoms with Crippen LogP contribution in [0.4, 0.5) is 13.6 Å². The second kappa shape index (κ2) is 18.5. The van der Waals surface area contributed by atoms with Crippen molar-refractivity contribution in [1.82, 2.24) is 14.9 Å². The van der Waals surface area contributed by atoms with Crippen molar-refractivity contribution in [1.29, 1.82) is 0 Å². The Bertz CT molecular complexity index is 1700. The van der Waals surface area contributed by atoms with E-state index in [1.54, 1.807) is 0 Å². The number of amides is 2. The molecule has 2 amide bonds. The van der Waals surface area contributed by atoms with E-state index in [0.29, 0.717) is 42.4 Å². The van der Waals surface area contributed by atoms with E-state index in [9.17, 15) is 36.7 Å². The van der Waals surface area contributed by atoms with Gasteiger partial charge >= 0.3 is 6.09 Å². The summed E-state index contributed by atoms with van der Waals surface area (Å²) in [4.78, 5) is 38.5. The van der Waals surface area contributed by atoms with E-state index in [1.165, 1.54) is 91.1 Å². The number of hydrogen-bond acceptors (Lipinski definition) is 7. The molecule has 3 aromatic rings. The van der Waals surface area contributed by atoms with Crippen molar-refractivity contribution in [2.45, 2.75) is 88.2 Å². The minimum atomic E-state index is -4.02. The van der Waals surface area contributed by atoms with Crippen LogP contribution in [0.15, 0.2) is 77.7 Å². The molecule has 0 aromatic heterocycles. The lowest BCUT2D eigenvalue weighted by Crippen LogP contribution is -2.53. The first-order valence-corrected chi connectivity index (χ1v) is 19.1. The van der Waals surface area contributed by atoms with E-state index >= 15 is 0 Å². The van der Waals surface area contributed by atoms with Gasteiger partial charge in [0.1, 0.15) is 17.7 Å².